The molecule has 0 aliphatic rings. The first-order chi connectivity index (χ1) is 8.90. The van der Waals surface area contributed by atoms with E-state index in [2.05, 4.69) is 51.6 Å². The van der Waals surface area contributed by atoms with E-state index in [9.17, 15) is 4.79 Å². The highest BCUT2D eigenvalue weighted by molar-refractivity contribution is 5.86. The number of amides is 1. The molecular weight excluding hydrogens is 234 g/mol. The SMILES string of the molecule is C=CC(=O)N(CC)CCC(C)(C)c1ccc(C)cc1. The molecule has 0 aliphatic heterocycles. The normalized spacial score (nSPS) is 11.2. The maximum atomic E-state index is 11.6. The van der Waals surface area contributed by atoms with Crippen molar-refractivity contribution in [3.05, 3.63) is 48.0 Å². The zero-order valence-corrected chi connectivity index (χ0v) is 12.6. The topological polar surface area (TPSA) is 20.3 Å². The predicted molar refractivity (Wildman–Crippen MR) is 81.3 cm³/mol. The van der Waals surface area contributed by atoms with Crippen LogP contribution in [0.25, 0.3) is 0 Å². The van der Waals surface area contributed by atoms with Gasteiger partial charge in [0.05, 0.1) is 0 Å². The van der Waals surface area contributed by atoms with Gasteiger partial charge in [0.1, 0.15) is 0 Å². The van der Waals surface area contributed by atoms with E-state index in [1.807, 2.05) is 11.8 Å². The maximum absolute atomic E-state index is 11.6. The zero-order chi connectivity index (χ0) is 14.5. The van der Waals surface area contributed by atoms with Gasteiger partial charge >= 0.3 is 0 Å². The first-order valence-corrected chi connectivity index (χ1v) is 6.89. The minimum Gasteiger partial charge on any atom is -0.339 e. The molecule has 0 unspecified atom stereocenters. The van der Waals surface area contributed by atoms with Gasteiger partial charge < -0.3 is 4.90 Å². The molecule has 0 radical (unpaired) electrons. The number of aryl methyl sites for hydroxylation is 1. The van der Waals surface area contributed by atoms with Crippen LogP contribution < -0.4 is 0 Å². The Morgan fingerprint density at radius 1 is 1.32 bits per heavy atom. The molecule has 19 heavy (non-hydrogen) atoms. The largest absolute Gasteiger partial charge is 0.339 e. The number of carbonyl (C=O) groups is 1. The first-order valence-electron chi connectivity index (χ1n) is 6.89. The van der Waals surface area contributed by atoms with Crippen LogP contribution in [0, 0.1) is 6.92 Å². The van der Waals surface area contributed by atoms with E-state index in [4.69, 9.17) is 0 Å². The van der Waals surface area contributed by atoms with Crippen LogP contribution in [0.2, 0.25) is 0 Å². The third-order valence-electron chi connectivity index (χ3n) is 3.71. The quantitative estimate of drug-likeness (QED) is 0.713. The van der Waals surface area contributed by atoms with Crippen molar-refractivity contribution in [1.82, 2.24) is 4.90 Å². The second-order valence-corrected chi connectivity index (χ2v) is 5.62. The number of hydrogen-bond donors (Lipinski definition) is 0. The first kappa shape index (κ1) is 15.5. The summed E-state index contributed by atoms with van der Waals surface area (Å²) in [6.45, 7) is 13.6. The summed E-state index contributed by atoms with van der Waals surface area (Å²) in [7, 11) is 0. The van der Waals surface area contributed by atoms with Gasteiger partial charge in [-0.1, -0.05) is 50.3 Å². The Morgan fingerprint density at radius 2 is 1.89 bits per heavy atom. The Labute approximate surface area is 117 Å². The molecule has 104 valence electrons. The Kier molecular flexibility index (Phi) is 5.34. The molecule has 0 aromatic heterocycles. The lowest BCUT2D eigenvalue weighted by Crippen LogP contribution is -2.33. The molecule has 2 heteroatoms. The summed E-state index contributed by atoms with van der Waals surface area (Å²) < 4.78 is 0. The van der Waals surface area contributed by atoms with Gasteiger partial charge in [-0.3, -0.25) is 4.79 Å². The Bertz CT molecular complexity index is 431. The van der Waals surface area contributed by atoms with Crippen LogP contribution in [0.15, 0.2) is 36.9 Å². The molecule has 0 heterocycles. The highest BCUT2D eigenvalue weighted by atomic mass is 16.2. The van der Waals surface area contributed by atoms with Gasteiger partial charge in [-0.15, -0.1) is 0 Å². The lowest BCUT2D eigenvalue weighted by atomic mass is 9.81. The number of carbonyl (C=O) groups excluding carboxylic acids is 1. The molecular formula is C17H25NO. The molecule has 0 saturated heterocycles. The Morgan fingerprint density at radius 3 is 2.37 bits per heavy atom. The molecule has 0 fully saturated rings. The number of likely N-dealkylation sites (N-methyl/N-ethyl adjacent to an activating group) is 1. The van der Waals surface area contributed by atoms with E-state index >= 15 is 0 Å². The number of rotatable bonds is 6. The fraction of sp³-hybridized carbons (Fsp3) is 0.471. The molecule has 0 aliphatic carbocycles. The molecule has 0 atom stereocenters. The molecule has 0 spiro atoms. The molecule has 1 aromatic rings. The van der Waals surface area contributed by atoms with Gasteiger partial charge in [0, 0.05) is 13.1 Å². The van der Waals surface area contributed by atoms with Gasteiger partial charge in [-0.25, -0.2) is 0 Å². The van der Waals surface area contributed by atoms with Gasteiger partial charge in [0.15, 0.2) is 0 Å². The molecule has 1 aromatic carbocycles. The average molecular weight is 259 g/mol. The fourth-order valence-electron chi connectivity index (χ4n) is 2.12. The summed E-state index contributed by atoms with van der Waals surface area (Å²) in [5, 5.41) is 0. The van der Waals surface area contributed by atoms with E-state index in [1.54, 1.807) is 0 Å². The van der Waals surface area contributed by atoms with Crippen molar-refractivity contribution in [1.29, 1.82) is 0 Å². The minimum atomic E-state index is 0.0159. The third kappa shape index (κ3) is 4.23. The Hall–Kier alpha value is -1.57. The number of hydrogen-bond acceptors (Lipinski definition) is 1. The molecule has 0 bridgehead atoms. The minimum absolute atomic E-state index is 0.0159. The molecule has 0 saturated carbocycles. The lowest BCUT2D eigenvalue weighted by Gasteiger charge is -2.29. The van der Waals surface area contributed by atoms with E-state index in [0.29, 0.717) is 0 Å². The number of benzene rings is 1. The lowest BCUT2D eigenvalue weighted by molar-refractivity contribution is -0.126. The summed E-state index contributed by atoms with van der Waals surface area (Å²) in [6, 6.07) is 8.65. The van der Waals surface area contributed by atoms with Crippen molar-refractivity contribution in [2.75, 3.05) is 13.1 Å². The molecule has 1 rings (SSSR count). The van der Waals surface area contributed by atoms with Gasteiger partial charge in [0.2, 0.25) is 5.91 Å². The summed E-state index contributed by atoms with van der Waals surface area (Å²) in [6.07, 6.45) is 2.34. The summed E-state index contributed by atoms with van der Waals surface area (Å²) in [4.78, 5) is 13.5. The fourth-order valence-corrected chi connectivity index (χ4v) is 2.12. The third-order valence-corrected chi connectivity index (χ3v) is 3.71. The van der Waals surface area contributed by atoms with Crippen LogP contribution >= 0.6 is 0 Å². The van der Waals surface area contributed by atoms with Crippen LogP contribution in [0.4, 0.5) is 0 Å². The van der Waals surface area contributed by atoms with E-state index in [-0.39, 0.29) is 11.3 Å². The van der Waals surface area contributed by atoms with Gasteiger partial charge in [0.25, 0.3) is 0 Å². The van der Waals surface area contributed by atoms with Crippen molar-refractivity contribution >= 4 is 5.91 Å². The summed E-state index contributed by atoms with van der Waals surface area (Å²) in [5.41, 5.74) is 2.67. The molecule has 1 amide bonds. The van der Waals surface area contributed by atoms with E-state index in [1.165, 1.54) is 17.2 Å². The molecule has 0 N–H and O–H groups in total. The van der Waals surface area contributed by atoms with Crippen molar-refractivity contribution in [2.45, 2.75) is 39.5 Å². The predicted octanol–water partition coefficient (Wildman–Crippen LogP) is 3.70. The van der Waals surface area contributed by atoms with Crippen molar-refractivity contribution in [3.63, 3.8) is 0 Å². The van der Waals surface area contributed by atoms with Crippen molar-refractivity contribution in [3.8, 4) is 0 Å². The second-order valence-electron chi connectivity index (χ2n) is 5.62. The van der Waals surface area contributed by atoms with E-state index < -0.39 is 0 Å². The van der Waals surface area contributed by atoms with Gasteiger partial charge in [-0.05, 0) is 37.3 Å². The zero-order valence-electron chi connectivity index (χ0n) is 12.6. The van der Waals surface area contributed by atoms with Crippen LogP contribution in [0.1, 0.15) is 38.3 Å². The average Bonchev–Trinajstić information content (AvgIpc) is 2.39. The molecule has 2 nitrogen and oxygen atoms in total. The highest BCUT2D eigenvalue weighted by Crippen LogP contribution is 2.27. The van der Waals surface area contributed by atoms with Gasteiger partial charge in [-0.2, -0.15) is 0 Å². The van der Waals surface area contributed by atoms with Crippen molar-refractivity contribution < 1.29 is 4.79 Å². The summed E-state index contributed by atoms with van der Waals surface area (Å²) in [5.74, 6) is 0.0159. The second kappa shape index (κ2) is 6.55. The Balaban J connectivity index is 2.71. The van der Waals surface area contributed by atoms with Crippen LogP contribution in [0.3, 0.4) is 0 Å². The van der Waals surface area contributed by atoms with Crippen LogP contribution in [-0.2, 0) is 10.2 Å². The standard InChI is InChI=1S/C17H25NO/c1-6-16(19)18(7-2)13-12-17(4,5)15-10-8-14(3)9-11-15/h6,8-11H,1,7,12-13H2,2-5H3. The van der Waals surface area contributed by atoms with Crippen LogP contribution in [-0.4, -0.2) is 23.9 Å². The highest BCUT2D eigenvalue weighted by Gasteiger charge is 2.22. The summed E-state index contributed by atoms with van der Waals surface area (Å²) >= 11 is 0. The maximum Gasteiger partial charge on any atom is 0.245 e. The number of nitrogens with zero attached hydrogens (tertiary/aromatic N) is 1. The van der Waals surface area contributed by atoms with Crippen LogP contribution in [0.5, 0.6) is 0 Å². The van der Waals surface area contributed by atoms with E-state index in [0.717, 1.165) is 19.5 Å². The van der Waals surface area contributed by atoms with Crippen molar-refractivity contribution in [2.24, 2.45) is 0 Å². The smallest absolute Gasteiger partial charge is 0.245 e. The monoisotopic (exact) mass is 259 g/mol.